The van der Waals surface area contributed by atoms with Crippen LogP contribution in [0.4, 0.5) is 32.0 Å². The first-order chi connectivity index (χ1) is 16.5. The molecule has 0 saturated heterocycles. The van der Waals surface area contributed by atoms with Crippen LogP contribution in [-0.4, -0.2) is 39.6 Å². The van der Waals surface area contributed by atoms with Gasteiger partial charge in [0, 0.05) is 23.0 Å². The lowest BCUT2D eigenvalue weighted by Gasteiger charge is -2.41. The molecule has 0 saturated carbocycles. The molecule has 7 nitrogen and oxygen atoms in total. The molecule has 3 aromatic rings. The van der Waals surface area contributed by atoms with Gasteiger partial charge in [-0.05, 0) is 35.9 Å². The molecule has 0 spiro atoms. The zero-order chi connectivity index (χ0) is 25.5. The number of nitrogens with one attached hydrogen (secondary N) is 2. The third-order valence-corrected chi connectivity index (χ3v) is 5.42. The average molecular weight is 493 g/mol. The number of alkyl halides is 3. The number of anilines is 1. The van der Waals surface area contributed by atoms with E-state index < -0.39 is 65.1 Å². The number of hydrogen-bond donors (Lipinski definition) is 2. The van der Waals surface area contributed by atoms with E-state index in [1.807, 2.05) is 0 Å². The van der Waals surface area contributed by atoms with E-state index in [0.29, 0.717) is 17.0 Å². The summed E-state index contributed by atoms with van der Waals surface area (Å²) in [4.78, 5) is 26.7. The number of nitrogens with zero attached hydrogens (tertiary/aromatic N) is 3. The summed E-state index contributed by atoms with van der Waals surface area (Å²) in [5, 5.41) is 17.4. The molecule has 180 valence electrons. The Hall–Kier alpha value is -4.34. The van der Waals surface area contributed by atoms with Crippen molar-refractivity contribution in [1.29, 1.82) is 5.26 Å². The topological polar surface area (TPSA) is 102 Å². The summed E-state index contributed by atoms with van der Waals surface area (Å²) in [6.45, 7) is -1.79. The molecule has 1 aromatic heterocycles. The monoisotopic (exact) mass is 493 g/mol. The van der Waals surface area contributed by atoms with E-state index in [1.165, 1.54) is 0 Å². The van der Waals surface area contributed by atoms with Crippen molar-refractivity contribution < 1.29 is 35.9 Å². The highest BCUT2D eigenvalue weighted by Crippen LogP contribution is 2.44. The van der Waals surface area contributed by atoms with Crippen molar-refractivity contribution in [1.82, 2.24) is 15.1 Å². The molecule has 13 heteroatoms. The summed E-state index contributed by atoms with van der Waals surface area (Å²) in [6, 6.07) is 3.98. The predicted octanol–water partition coefficient (Wildman–Crippen LogP) is 4.18. The van der Waals surface area contributed by atoms with Crippen LogP contribution >= 0.6 is 0 Å². The van der Waals surface area contributed by atoms with Crippen molar-refractivity contribution in [3.05, 3.63) is 82.4 Å². The first-order valence-electron chi connectivity index (χ1n) is 9.86. The highest BCUT2D eigenvalue weighted by Gasteiger charge is 2.48. The van der Waals surface area contributed by atoms with Gasteiger partial charge in [-0.15, -0.1) is 0 Å². The van der Waals surface area contributed by atoms with Gasteiger partial charge in [0.1, 0.15) is 18.4 Å². The second-order valence-corrected chi connectivity index (χ2v) is 7.65. The Morgan fingerprint density at radius 3 is 2.49 bits per heavy atom. The Kier molecular flexibility index (Phi) is 5.98. The van der Waals surface area contributed by atoms with Gasteiger partial charge in [0.05, 0.1) is 23.7 Å². The van der Waals surface area contributed by atoms with Crippen molar-refractivity contribution >= 4 is 17.5 Å². The number of amides is 2. The molecule has 0 fully saturated rings. The third kappa shape index (κ3) is 4.54. The highest BCUT2D eigenvalue weighted by atomic mass is 19.4. The molecule has 2 N–H and O–H groups in total. The molecule has 2 unspecified atom stereocenters. The number of aromatic amines is 1. The second kappa shape index (κ2) is 8.79. The fourth-order valence-electron chi connectivity index (χ4n) is 3.99. The number of fused-ring (bicyclic) bond motifs is 1. The van der Waals surface area contributed by atoms with Crippen molar-refractivity contribution in [2.45, 2.75) is 18.1 Å². The maximum Gasteiger partial charge on any atom is 0.406 e. The SMILES string of the molecule is N#Cc1cc(NC(=O)C2c3cc(F)c(F)cc3C(=O)N(CC(F)(F)F)C2c2cn[nH]c2)ccc1F. The van der Waals surface area contributed by atoms with Gasteiger partial charge in [0.2, 0.25) is 5.91 Å². The minimum Gasteiger partial charge on any atom is -0.325 e. The van der Waals surface area contributed by atoms with Crippen molar-refractivity contribution in [2.75, 3.05) is 11.9 Å². The van der Waals surface area contributed by atoms with E-state index in [2.05, 4.69) is 15.5 Å². The maximum atomic E-state index is 14.2. The largest absolute Gasteiger partial charge is 0.406 e. The van der Waals surface area contributed by atoms with Crippen LogP contribution in [0.1, 0.15) is 39.0 Å². The number of nitriles is 1. The molecule has 0 aliphatic carbocycles. The molecule has 0 radical (unpaired) electrons. The summed E-state index contributed by atoms with van der Waals surface area (Å²) in [5.41, 5.74) is -1.47. The fraction of sp³-hybridized carbons (Fsp3) is 0.182. The van der Waals surface area contributed by atoms with E-state index in [0.717, 1.165) is 30.6 Å². The molecule has 1 aliphatic rings. The molecular weight excluding hydrogens is 480 g/mol. The van der Waals surface area contributed by atoms with Crippen LogP contribution in [-0.2, 0) is 4.79 Å². The van der Waals surface area contributed by atoms with Gasteiger partial charge < -0.3 is 10.2 Å². The molecule has 4 rings (SSSR count). The van der Waals surface area contributed by atoms with E-state index >= 15 is 0 Å². The number of hydrogen-bond acceptors (Lipinski definition) is 4. The molecular formula is C22H13F6N5O2. The lowest BCUT2D eigenvalue weighted by Crippen LogP contribution is -2.49. The van der Waals surface area contributed by atoms with E-state index in [-0.39, 0.29) is 16.8 Å². The van der Waals surface area contributed by atoms with Crippen LogP contribution in [0, 0.1) is 28.8 Å². The van der Waals surface area contributed by atoms with Crippen LogP contribution < -0.4 is 5.32 Å². The summed E-state index contributed by atoms with van der Waals surface area (Å²) in [5.74, 6) is -7.71. The summed E-state index contributed by atoms with van der Waals surface area (Å²) >= 11 is 0. The summed E-state index contributed by atoms with van der Waals surface area (Å²) in [6.07, 6.45) is -2.64. The Morgan fingerprint density at radius 2 is 1.86 bits per heavy atom. The number of halogens is 6. The minimum absolute atomic E-state index is 0.00467. The van der Waals surface area contributed by atoms with Crippen molar-refractivity contribution in [3.8, 4) is 6.07 Å². The first kappa shape index (κ1) is 23.8. The lowest BCUT2D eigenvalue weighted by atomic mass is 9.79. The Balaban J connectivity index is 1.88. The van der Waals surface area contributed by atoms with E-state index in [4.69, 9.17) is 5.26 Å². The van der Waals surface area contributed by atoms with E-state index in [9.17, 15) is 35.9 Å². The number of carbonyl (C=O) groups is 2. The molecule has 2 amide bonds. The quantitative estimate of drug-likeness (QED) is 0.533. The molecule has 2 aromatic carbocycles. The molecule has 1 aliphatic heterocycles. The number of benzene rings is 2. The second-order valence-electron chi connectivity index (χ2n) is 7.65. The van der Waals surface area contributed by atoms with Gasteiger partial charge in [0.25, 0.3) is 5.91 Å². The molecule has 2 atom stereocenters. The van der Waals surface area contributed by atoms with Gasteiger partial charge in [-0.1, -0.05) is 0 Å². The van der Waals surface area contributed by atoms with Crippen LogP contribution in [0.25, 0.3) is 0 Å². The average Bonchev–Trinajstić information content (AvgIpc) is 3.31. The van der Waals surface area contributed by atoms with Gasteiger partial charge in [0.15, 0.2) is 11.6 Å². The summed E-state index contributed by atoms with van der Waals surface area (Å²) < 4.78 is 82.1. The van der Waals surface area contributed by atoms with Gasteiger partial charge in [-0.2, -0.15) is 23.5 Å². The van der Waals surface area contributed by atoms with Crippen LogP contribution in [0.3, 0.4) is 0 Å². The van der Waals surface area contributed by atoms with Gasteiger partial charge >= 0.3 is 6.18 Å². The van der Waals surface area contributed by atoms with Crippen molar-refractivity contribution in [2.24, 2.45) is 0 Å². The zero-order valence-electron chi connectivity index (χ0n) is 17.3. The maximum absolute atomic E-state index is 14.2. The Labute approximate surface area is 193 Å². The lowest BCUT2D eigenvalue weighted by molar-refractivity contribution is -0.148. The normalized spacial score (nSPS) is 17.6. The van der Waals surface area contributed by atoms with E-state index in [1.54, 1.807) is 6.07 Å². The molecule has 35 heavy (non-hydrogen) atoms. The highest BCUT2D eigenvalue weighted by molar-refractivity contribution is 6.04. The fourth-order valence-corrected chi connectivity index (χ4v) is 3.99. The number of aromatic nitrogens is 2. The zero-order valence-corrected chi connectivity index (χ0v) is 17.3. The molecule has 2 heterocycles. The number of H-pyrrole nitrogens is 1. The third-order valence-electron chi connectivity index (χ3n) is 5.42. The Morgan fingerprint density at radius 1 is 1.14 bits per heavy atom. The molecule has 0 bridgehead atoms. The van der Waals surface area contributed by atoms with Crippen LogP contribution in [0.5, 0.6) is 0 Å². The minimum atomic E-state index is -4.90. The smallest absolute Gasteiger partial charge is 0.325 e. The van der Waals surface area contributed by atoms with Gasteiger partial charge in [-0.25, -0.2) is 13.2 Å². The Bertz CT molecular complexity index is 1350. The summed E-state index contributed by atoms with van der Waals surface area (Å²) in [7, 11) is 0. The van der Waals surface area contributed by atoms with Crippen LogP contribution in [0.15, 0.2) is 42.7 Å². The standard InChI is InChI=1S/C22H13F6N5O2/c23-15-2-1-12(3-10(15)6-29)32-20(34)18-13-4-16(24)17(25)5-14(13)21(35)33(9-22(26,27)28)19(18)11-7-30-31-8-11/h1-5,7-8,18-19H,9H2,(H,30,31)(H,32,34). The van der Waals surface area contributed by atoms with Crippen LogP contribution in [0.2, 0.25) is 0 Å². The number of rotatable bonds is 4. The van der Waals surface area contributed by atoms with Gasteiger partial charge in [-0.3, -0.25) is 14.7 Å². The van der Waals surface area contributed by atoms with Crippen molar-refractivity contribution in [3.63, 3.8) is 0 Å². The number of carbonyl (C=O) groups excluding carboxylic acids is 2. The first-order valence-corrected chi connectivity index (χ1v) is 9.86. The predicted molar refractivity (Wildman–Crippen MR) is 107 cm³/mol.